The lowest BCUT2D eigenvalue weighted by Gasteiger charge is -2.34. The summed E-state index contributed by atoms with van der Waals surface area (Å²) in [5.41, 5.74) is 12.8. The zero-order chi connectivity index (χ0) is 13.9. The first kappa shape index (κ1) is 13.3. The highest BCUT2D eigenvalue weighted by molar-refractivity contribution is 5.87. The van der Waals surface area contributed by atoms with Crippen LogP contribution in [0.5, 0.6) is 0 Å². The molecule has 0 radical (unpaired) electrons. The number of likely N-dealkylation sites (tertiary alicyclic amines) is 1. The average Bonchev–Trinajstić information content (AvgIpc) is 2.48. The SMILES string of the molecule is NCC1CCCCN1Cc1nc(N)c2ccccc2n1. The summed E-state index contributed by atoms with van der Waals surface area (Å²) in [4.78, 5) is 11.5. The number of hydrogen-bond acceptors (Lipinski definition) is 5. The van der Waals surface area contributed by atoms with Gasteiger partial charge < -0.3 is 11.5 Å². The van der Waals surface area contributed by atoms with Gasteiger partial charge in [-0.05, 0) is 31.5 Å². The molecule has 0 spiro atoms. The highest BCUT2D eigenvalue weighted by Crippen LogP contribution is 2.21. The quantitative estimate of drug-likeness (QED) is 0.884. The van der Waals surface area contributed by atoms with Crippen molar-refractivity contribution in [2.45, 2.75) is 31.8 Å². The molecule has 0 amide bonds. The fourth-order valence-corrected chi connectivity index (χ4v) is 2.94. The van der Waals surface area contributed by atoms with Crippen molar-refractivity contribution in [1.82, 2.24) is 14.9 Å². The molecule has 0 saturated carbocycles. The molecule has 20 heavy (non-hydrogen) atoms. The van der Waals surface area contributed by atoms with Gasteiger partial charge in [-0.3, -0.25) is 4.90 Å². The number of nitrogens with two attached hydrogens (primary N) is 2. The predicted octanol–water partition coefficient (Wildman–Crippen LogP) is 1.53. The van der Waals surface area contributed by atoms with E-state index in [1.54, 1.807) is 0 Å². The molecule has 1 fully saturated rings. The molecule has 106 valence electrons. The molecule has 5 nitrogen and oxygen atoms in total. The second-order valence-corrected chi connectivity index (χ2v) is 5.40. The summed E-state index contributed by atoms with van der Waals surface area (Å²) in [5.74, 6) is 1.36. The van der Waals surface area contributed by atoms with Crippen LogP contribution in [0.3, 0.4) is 0 Å². The van der Waals surface area contributed by atoms with Crippen LogP contribution in [0.15, 0.2) is 24.3 Å². The maximum Gasteiger partial charge on any atom is 0.145 e. The van der Waals surface area contributed by atoms with Crippen LogP contribution in [-0.4, -0.2) is 34.0 Å². The molecule has 5 heteroatoms. The Bertz CT molecular complexity index is 598. The fraction of sp³-hybridized carbons (Fsp3) is 0.467. The van der Waals surface area contributed by atoms with Crippen LogP contribution in [-0.2, 0) is 6.54 Å². The average molecular weight is 271 g/mol. The maximum absolute atomic E-state index is 6.03. The highest BCUT2D eigenvalue weighted by atomic mass is 15.2. The Hall–Kier alpha value is -1.72. The first-order chi connectivity index (χ1) is 9.78. The van der Waals surface area contributed by atoms with Crippen LogP contribution < -0.4 is 11.5 Å². The minimum atomic E-state index is 0.444. The maximum atomic E-state index is 6.03. The van der Waals surface area contributed by atoms with Gasteiger partial charge in [0.05, 0.1) is 12.1 Å². The number of nitrogen functional groups attached to an aromatic ring is 1. The molecule has 1 atom stereocenters. The number of nitrogens with zero attached hydrogens (tertiary/aromatic N) is 3. The normalized spacial score (nSPS) is 20.4. The van der Waals surface area contributed by atoms with Crippen LogP contribution in [0, 0.1) is 0 Å². The summed E-state index contributed by atoms with van der Waals surface area (Å²) in [6.07, 6.45) is 3.65. The molecule has 3 rings (SSSR count). The lowest BCUT2D eigenvalue weighted by atomic mass is 10.0. The van der Waals surface area contributed by atoms with Crippen LogP contribution in [0.4, 0.5) is 5.82 Å². The Morgan fingerprint density at radius 3 is 2.90 bits per heavy atom. The van der Waals surface area contributed by atoms with Crippen molar-refractivity contribution in [1.29, 1.82) is 0 Å². The van der Waals surface area contributed by atoms with Crippen molar-refractivity contribution in [3.8, 4) is 0 Å². The topological polar surface area (TPSA) is 81.1 Å². The van der Waals surface area contributed by atoms with Crippen molar-refractivity contribution >= 4 is 16.7 Å². The second kappa shape index (κ2) is 5.73. The van der Waals surface area contributed by atoms with Crippen LogP contribution >= 0.6 is 0 Å². The number of hydrogen-bond donors (Lipinski definition) is 2. The summed E-state index contributed by atoms with van der Waals surface area (Å²) >= 11 is 0. The van der Waals surface area contributed by atoms with Gasteiger partial charge in [-0.25, -0.2) is 9.97 Å². The molecule has 1 aromatic carbocycles. The molecule has 1 saturated heterocycles. The van der Waals surface area contributed by atoms with E-state index < -0.39 is 0 Å². The third kappa shape index (κ3) is 2.59. The van der Waals surface area contributed by atoms with E-state index in [1.165, 1.54) is 19.3 Å². The van der Waals surface area contributed by atoms with E-state index in [9.17, 15) is 0 Å². The molecule has 0 aliphatic carbocycles. The summed E-state index contributed by atoms with van der Waals surface area (Å²) in [7, 11) is 0. The predicted molar refractivity (Wildman–Crippen MR) is 81.1 cm³/mol. The summed E-state index contributed by atoms with van der Waals surface area (Å²) in [6, 6.07) is 8.31. The minimum absolute atomic E-state index is 0.444. The van der Waals surface area contributed by atoms with E-state index in [0.29, 0.717) is 18.4 Å². The summed E-state index contributed by atoms with van der Waals surface area (Å²) in [6.45, 7) is 2.50. The van der Waals surface area contributed by atoms with E-state index in [0.717, 1.165) is 29.8 Å². The van der Waals surface area contributed by atoms with E-state index in [1.807, 2.05) is 24.3 Å². The Balaban J connectivity index is 1.86. The van der Waals surface area contributed by atoms with E-state index >= 15 is 0 Å². The molecule has 1 aliphatic rings. The third-order valence-corrected chi connectivity index (χ3v) is 4.04. The van der Waals surface area contributed by atoms with E-state index in [4.69, 9.17) is 11.5 Å². The Morgan fingerprint density at radius 2 is 2.05 bits per heavy atom. The Labute approximate surface area is 119 Å². The summed E-state index contributed by atoms with van der Waals surface area (Å²) in [5, 5.41) is 0.922. The third-order valence-electron chi connectivity index (χ3n) is 4.04. The van der Waals surface area contributed by atoms with Crippen LogP contribution in [0.1, 0.15) is 25.1 Å². The molecule has 1 unspecified atom stereocenters. The molecule has 2 heterocycles. The van der Waals surface area contributed by atoms with Gasteiger partial charge in [0, 0.05) is 18.0 Å². The number of para-hydroxylation sites is 1. The molecular formula is C15H21N5. The molecule has 2 aromatic rings. The van der Waals surface area contributed by atoms with Crippen LogP contribution in [0.2, 0.25) is 0 Å². The van der Waals surface area contributed by atoms with Crippen molar-refractivity contribution in [3.05, 3.63) is 30.1 Å². The van der Waals surface area contributed by atoms with E-state index in [2.05, 4.69) is 14.9 Å². The Morgan fingerprint density at radius 1 is 1.20 bits per heavy atom. The number of benzene rings is 1. The highest BCUT2D eigenvalue weighted by Gasteiger charge is 2.22. The largest absolute Gasteiger partial charge is 0.383 e. The van der Waals surface area contributed by atoms with Crippen molar-refractivity contribution in [3.63, 3.8) is 0 Å². The lowest BCUT2D eigenvalue weighted by Crippen LogP contribution is -2.43. The second-order valence-electron chi connectivity index (χ2n) is 5.40. The zero-order valence-electron chi connectivity index (χ0n) is 11.6. The number of fused-ring (bicyclic) bond motifs is 1. The lowest BCUT2D eigenvalue weighted by molar-refractivity contribution is 0.141. The monoisotopic (exact) mass is 271 g/mol. The van der Waals surface area contributed by atoms with Gasteiger partial charge >= 0.3 is 0 Å². The van der Waals surface area contributed by atoms with Gasteiger partial charge in [0.15, 0.2) is 0 Å². The number of rotatable bonds is 3. The van der Waals surface area contributed by atoms with Gasteiger partial charge in [-0.1, -0.05) is 18.6 Å². The molecule has 1 aromatic heterocycles. The minimum Gasteiger partial charge on any atom is -0.383 e. The number of piperidine rings is 1. The van der Waals surface area contributed by atoms with Gasteiger partial charge in [0.2, 0.25) is 0 Å². The first-order valence-corrected chi connectivity index (χ1v) is 7.23. The van der Waals surface area contributed by atoms with Crippen molar-refractivity contribution in [2.75, 3.05) is 18.8 Å². The van der Waals surface area contributed by atoms with Crippen molar-refractivity contribution < 1.29 is 0 Å². The van der Waals surface area contributed by atoms with Gasteiger partial charge in [0.25, 0.3) is 0 Å². The van der Waals surface area contributed by atoms with Crippen molar-refractivity contribution in [2.24, 2.45) is 5.73 Å². The smallest absolute Gasteiger partial charge is 0.145 e. The molecule has 1 aliphatic heterocycles. The Kier molecular flexibility index (Phi) is 3.80. The van der Waals surface area contributed by atoms with Gasteiger partial charge in [-0.15, -0.1) is 0 Å². The van der Waals surface area contributed by atoms with Gasteiger partial charge in [-0.2, -0.15) is 0 Å². The van der Waals surface area contributed by atoms with E-state index in [-0.39, 0.29) is 0 Å². The molecule has 0 bridgehead atoms. The molecule has 4 N–H and O–H groups in total. The fourth-order valence-electron chi connectivity index (χ4n) is 2.94. The summed E-state index contributed by atoms with van der Waals surface area (Å²) < 4.78 is 0. The number of anilines is 1. The van der Waals surface area contributed by atoms with Gasteiger partial charge in [0.1, 0.15) is 11.6 Å². The number of aromatic nitrogens is 2. The molecular weight excluding hydrogens is 250 g/mol. The van der Waals surface area contributed by atoms with Crippen LogP contribution in [0.25, 0.3) is 10.9 Å². The standard InChI is InChI=1S/C15H21N5/c16-9-11-5-3-4-8-20(11)10-14-18-13-7-2-1-6-12(13)15(17)19-14/h1-2,6-7,11H,3-5,8-10,16H2,(H2,17,18,19). The first-order valence-electron chi connectivity index (χ1n) is 7.23. The zero-order valence-corrected chi connectivity index (χ0v) is 11.6.